The van der Waals surface area contributed by atoms with Crippen molar-refractivity contribution in [2.24, 2.45) is 0 Å². The molecule has 0 spiro atoms. The highest BCUT2D eigenvalue weighted by Crippen LogP contribution is 2.33. The van der Waals surface area contributed by atoms with E-state index in [0.717, 1.165) is 6.07 Å². The molecule has 2 aromatic rings. The van der Waals surface area contributed by atoms with E-state index >= 15 is 0 Å². The molecule has 0 bridgehead atoms. The SMILES string of the molecule is CC(C)(C)OC(=O)N1CC(Oc2cc(Cl)ccc2OCc2cccc(C(F)(F)F)n2)C1. The molecule has 0 atom stereocenters. The molecule has 1 aromatic heterocycles. The van der Waals surface area contributed by atoms with Crippen LogP contribution < -0.4 is 9.47 Å². The molecule has 1 saturated heterocycles. The first kappa shape index (κ1) is 23.0. The molecule has 0 N–H and O–H groups in total. The van der Waals surface area contributed by atoms with Crippen LogP contribution in [0.4, 0.5) is 18.0 Å². The molecule has 0 unspecified atom stereocenters. The predicted molar refractivity (Wildman–Crippen MR) is 107 cm³/mol. The lowest BCUT2D eigenvalue weighted by molar-refractivity contribution is -0.141. The van der Waals surface area contributed by atoms with E-state index in [9.17, 15) is 18.0 Å². The van der Waals surface area contributed by atoms with E-state index in [1.807, 2.05) is 0 Å². The van der Waals surface area contributed by atoms with Gasteiger partial charge in [0.2, 0.25) is 0 Å². The number of hydrogen-bond donors (Lipinski definition) is 0. The second-order valence-corrected chi connectivity index (χ2v) is 8.45. The topological polar surface area (TPSA) is 60.9 Å². The summed E-state index contributed by atoms with van der Waals surface area (Å²) in [4.78, 5) is 17.1. The van der Waals surface area contributed by atoms with Crippen molar-refractivity contribution < 1.29 is 32.2 Å². The van der Waals surface area contributed by atoms with Crippen molar-refractivity contribution >= 4 is 17.7 Å². The molecule has 10 heteroatoms. The summed E-state index contributed by atoms with van der Waals surface area (Å²) in [6, 6.07) is 8.30. The van der Waals surface area contributed by atoms with Gasteiger partial charge < -0.3 is 19.1 Å². The first-order valence-corrected chi connectivity index (χ1v) is 9.88. The number of hydrogen-bond acceptors (Lipinski definition) is 5. The lowest BCUT2D eigenvalue weighted by atomic mass is 10.1. The molecule has 0 radical (unpaired) electrons. The van der Waals surface area contributed by atoms with Crippen LogP contribution in [0.15, 0.2) is 36.4 Å². The maximum atomic E-state index is 12.8. The summed E-state index contributed by atoms with van der Waals surface area (Å²) in [7, 11) is 0. The third-order valence-corrected chi connectivity index (χ3v) is 4.41. The number of benzene rings is 1. The van der Waals surface area contributed by atoms with Crippen LogP contribution in [-0.4, -0.2) is 40.8 Å². The van der Waals surface area contributed by atoms with E-state index in [4.69, 9.17) is 25.8 Å². The number of carbonyl (C=O) groups excluding carboxylic acids is 1. The molecule has 1 aromatic carbocycles. The van der Waals surface area contributed by atoms with Gasteiger partial charge in [0.05, 0.1) is 18.8 Å². The van der Waals surface area contributed by atoms with Gasteiger partial charge in [-0.25, -0.2) is 9.78 Å². The van der Waals surface area contributed by atoms with Crippen molar-refractivity contribution in [3.8, 4) is 11.5 Å². The Bertz CT molecular complexity index is 941. The van der Waals surface area contributed by atoms with Crippen LogP contribution in [-0.2, 0) is 17.5 Å². The van der Waals surface area contributed by atoms with Gasteiger partial charge in [-0.1, -0.05) is 17.7 Å². The Kier molecular flexibility index (Phi) is 6.54. The van der Waals surface area contributed by atoms with Crippen molar-refractivity contribution in [3.05, 3.63) is 52.8 Å². The Morgan fingerprint density at radius 3 is 2.52 bits per heavy atom. The standard InChI is InChI=1S/C21H22ClF3N2O4/c1-20(2,3)31-19(28)27-10-15(11-27)30-17-9-13(22)7-8-16(17)29-12-14-5-4-6-18(26-14)21(23,24)25/h4-9,15H,10-12H2,1-3H3. The zero-order valence-electron chi connectivity index (χ0n) is 17.2. The van der Waals surface area contributed by atoms with Gasteiger partial charge in [-0.3, -0.25) is 0 Å². The lowest BCUT2D eigenvalue weighted by Crippen LogP contribution is -2.57. The van der Waals surface area contributed by atoms with Gasteiger partial charge >= 0.3 is 12.3 Å². The Balaban J connectivity index is 1.61. The summed E-state index contributed by atoms with van der Waals surface area (Å²) in [5.74, 6) is 0.632. The van der Waals surface area contributed by atoms with Crippen LogP contribution in [0, 0.1) is 0 Å². The largest absolute Gasteiger partial charge is 0.483 e. The summed E-state index contributed by atoms with van der Waals surface area (Å²) in [5.41, 5.74) is -1.46. The van der Waals surface area contributed by atoms with E-state index < -0.39 is 23.6 Å². The number of ether oxygens (including phenoxy) is 3. The molecule has 1 aliphatic heterocycles. The summed E-state index contributed by atoms with van der Waals surface area (Å²) in [5, 5.41) is 0.405. The average Bonchev–Trinajstić information content (AvgIpc) is 2.61. The monoisotopic (exact) mass is 458 g/mol. The number of aromatic nitrogens is 1. The highest BCUT2D eigenvalue weighted by Gasteiger charge is 2.36. The summed E-state index contributed by atoms with van der Waals surface area (Å²) in [6.07, 6.45) is -5.25. The number of carbonyl (C=O) groups is 1. The summed E-state index contributed by atoms with van der Waals surface area (Å²) < 4.78 is 55.3. The van der Waals surface area contributed by atoms with E-state index in [0.29, 0.717) is 29.6 Å². The minimum atomic E-state index is -4.53. The third-order valence-electron chi connectivity index (χ3n) is 4.17. The highest BCUT2D eigenvalue weighted by molar-refractivity contribution is 6.30. The Labute approximate surface area is 182 Å². The molecule has 0 aliphatic carbocycles. The van der Waals surface area contributed by atoms with Crippen molar-refractivity contribution in [2.45, 2.75) is 45.3 Å². The summed E-state index contributed by atoms with van der Waals surface area (Å²) >= 11 is 6.04. The Morgan fingerprint density at radius 1 is 1.16 bits per heavy atom. The van der Waals surface area contributed by atoms with Gasteiger partial charge in [-0.05, 0) is 45.0 Å². The minimum absolute atomic E-state index is 0.121. The van der Waals surface area contributed by atoms with E-state index in [-0.39, 0.29) is 18.4 Å². The quantitative estimate of drug-likeness (QED) is 0.606. The van der Waals surface area contributed by atoms with Crippen molar-refractivity contribution in [2.75, 3.05) is 13.1 Å². The number of alkyl halides is 3. The predicted octanol–water partition coefficient (Wildman–Crippen LogP) is 5.33. The summed E-state index contributed by atoms with van der Waals surface area (Å²) in [6.45, 7) is 5.83. The van der Waals surface area contributed by atoms with E-state index in [2.05, 4.69) is 4.98 Å². The Hall–Kier alpha value is -2.68. The molecule has 1 fully saturated rings. The molecule has 1 amide bonds. The van der Waals surface area contributed by atoms with Gasteiger partial charge in [0.1, 0.15) is 24.0 Å². The molecular weight excluding hydrogens is 437 g/mol. The fourth-order valence-electron chi connectivity index (χ4n) is 2.73. The zero-order chi connectivity index (χ0) is 22.8. The van der Waals surface area contributed by atoms with E-state index in [1.54, 1.807) is 39.0 Å². The highest BCUT2D eigenvalue weighted by atomic mass is 35.5. The van der Waals surface area contributed by atoms with Crippen LogP contribution in [0.25, 0.3) is 0 Å². The van der Waals surface area contributed by atoms with Gasteiger partial charge in [0, 0.05) is 11.1 Å². The Morgan fingerprint density at radius 2 is 1.87 bits per heavy atom. The number of nitrogens with zero attached hydrogens (tertiary/aromatic N) is 2. The average molecular weight is 459 g/mol. The van der Waals surface area contributed by atoms with Crippen molar-refractivity contribution in [1.82, 2.24) is 9.88 Å². The second kappa shape index (κ2) is 8.82. The van der Waals surface area contributed by atoms with Crippen LogP contribution in [0.2, 0.25) is 5.02 Å². The van der Waals surface area contributed by atoms with Crippen LogP contribution in [0.5, 0.6) is 11.5 Å². The third kappa shape index (κ3) is 6.40. The smallest absolute Gasteiger partial charge is 0.433 e. The molecule has 0 saturated carbocycles. The van der Waals surface area contributed by atoms with Crippen molar-refractivity contribution in [3.63, 3.8) is 0 Å². The number of likely N-dealkylation sites (tertiary alicyclic amines) is 1. The molecular formula is C21H22ClF3N2O4. The zero-order valence-corrected chi connectivity index (χ0v) is 18.0. The first-order valence-electron chi connectivity index (χ1n) is 9.51. The maximum Gasteiger partial charge on any atom is 0.433 e. The maximum absolute atomic E-state index is 12.8. The second-order valence-electron chi connectivity index (χ2n) is 8.02. The number of halogens is 4. The van der Waals surface area contributed by atoms with Gasteiger partial charge in [0.15, 0.2) is 11.5 Å². The van der Waals surface area contributed by atoms with Crippen LogP contribution >= 0.6 is 11.6 Å². The lowest BCUT2D eigenvalue weighted by Gasteiger charge is -2.39. The van der Waals surface area contributed by atoms with Gasteiger partial charge in [-0.2, -0.15) is 13.2 Å². The first-order chi connectivity index (χ1) is 14.4. The normalized spacial score (nSPS) is 14.7. The van der Waals surface area contributed by atoms with Crippen molar-refractivity contribution in [1.29, 1.82) is 0 Å². The molecule has 3 rings (SSSR count). The van der Waals surface area contributed by atoms with Gasteiger partial charge in [0.25, 0.3) is 0 Å². The molecule has 1 aliphatic rings. The minimum Gasteiger partial charge on any atom is -0.483 e. The molecule has 31 heavy (non-hydrogen) atoms. The van der Waals surface area contributed by atoms with Gasteiger partial charge in [-0.15, -0.1) is 0 Å². The number of rotatable bonds is 5. The van der Waals surface area contributed by atoms with Crippen LogP contribution in [0.3, 0.4) is 0 Å². The number of amides is 1. The molecule has 168 valence electrons. The fraction of sp³-hybridized carbons (Fsp3) is 0.429. The molecule has 6 nitrogen and oxygen atoms in total. The number of pyridine rings is 1. The van der Waals surface area contributed by atoms with Crippen LogP contribution in [0.1, 0.15) is 32.2 Å². The molecule has 2 heterocycles. The fourth-order valence-corrected chi connectivity index (χ4v) is 2.89. The van der Waals surface area contributed by atoms with E-state index in [1.165, 1.54) is 17.0 Å².